The van der Waals surface area contributed by atoms with Gasteiger partial charge in [0.15, 0.2) is 26.1 Å². The Labute approximate surface area is 403 Å². The van der Waals surface area contributed by atoms with Crippen molar-refractivity contribution in [3.05, 3.63) is 57.7 Å². The lowest BCUT2D eigenvalue weighted by molar-refractivity contribution is -0.775. The number of benzene rings is 1. The van der Waals surface area contributed by atoms with Crippen LogP contribution in [0, 0.1) is 0 Å². The zero-order chi connectivity index (χ0) is 51.0. The average molecular weight is 985 g/mol. The minimum absolute atomic E-state index is 0.0637. The predicted octanol–water partition coefficient (Wildman–Crippen LogP) is 9.16. The number of amides is 2. The molecular weight excluding hydrogens is 915 g/mol. The smallest absolute Gasteiger partial charge is 0.413 e. The summed E-state index contributed by atoms with van der Waals surface area (Å²) in [7, 11) is -2.32. The Morgan fingerprint density at radius 3 is 2.24 bits per heavy atom. The Morgan fingerprint density at radius 2 is 1.63 bits per heavy atom. The molecule has 22 heteroatoms. The van der Waals surface area contributed by atoms with Gasteiger partial charge in [-0.2, -0.15) is 4.68 Å². The number of alkyl carbamates (subject to hydrolysis) is 1. The molecule has 1 aliphatic rings. The highest BCUT2D eigenvalue weighted by Crippen LogP contribution is 2.39. The lowest BCUT2D eigenvalue weighted by Crippen LogP contribution is -2.54. The molecule has 0 saturated carbocycles. The number of thiazole rings is 1. The van der Waals surface area contributed by atoms with E-state index in [0.29, 0.717) is 38.2 Å². The van der Waals surface area contributed by atoms with Gasteiger partial charge in [-0.05, 0) is 129 Å². The van der Waals surface area contributed by atoms with Gasteiger partial charge in [0.05, 0.1) is 17.9 Å². The molecule has 3 heterocycles. The maximum Gasteiger partial charge on any atom is 0.413 e. The number of carbonyl (C=O) groups is 4. The molecule has 2 amide bonds. The summed E-state index contributed by atoms with van der Waals surface area (Å²) in [6.07, 6.45) is 2.62. The molecule has 1 aromatic carbocycles. The number of nitrogens with one attached hydrogen (secondary N) is 2. The van der Waals surface area contributed by atoms with Crippen LogP contribution in [0.15, 0.2) is 46.2 Å². The predicted molar refractivity (Wildman–Crippen MR) is 259 cm³/mol. The molecule has 0 bridgehead atoms. The van der Waals surface area contributed by atoms with Crippen molar-refractivity contribution in [2.75, 3.05) is 18.4 Å². The molecule has 0 saturated heterocycles. The van der Waals surface area contributed by atoms with Gasteiger partial charge < -0.3 is 38.6 Å². The summed E-state index contributed by atoms with van der Waals surface area (Å²) < 4.78 is 34.1. The van der Waals surface area contributed by atoms with Crippen LogP contribution in [0.2, 0.25) is 18.1 Å². The van der Waals surface area contributed by atoms with Crippen LogP contribution in [0.25, 0.3) is 21.6 Å². The number of aryl methyl sites for hydroxylation is 2. The number of azide groups is 1. The van der Waals surface area contributed by atoms with E-state index in [0.717, 1.165) is 28.0 Å². The lowest BCUT2D eigenvalue weighted by atomic mass is 9.89. The lowest BCUT2D eigenvalue weighted by Gasteiger charge is -2.39. The normalized spacial score (nSPS) is 15.9. The molecule has 3 unspecified atom stereocenters. The number of hydrogen-bond acceptors (Lipinski definition) is 14. The average Bonchev–Trinajstić information content (AvgIpc) is 3.82. The third kappa shape index (κ3) is 15.9. The van der Waals surface area contributed by atoms with Crippen molar-refractivity contribution < 1.29 is 57.2 Å². The second kappa shape index (κ2) is 21.7. The van der Waals surface area contributed by atoms with Gasteiger partial charge in [-0.25, -0.2) is 24.2 Å². The molecule has 0 fully saturated rings. The minimum atomic E-state index is -2.32. The van der Waals surface area contributed by atoms with Crippen molar-refractivity contribution in [2.24, 2.45) is 10.3 Å². The van der Waals surface area contributed by atoms with Gasteiger partial charge in [0.2, 0.25) is 11.9 Å². The summed E-state index contributed by atoms with van der Waals surface area (Å²) >= 11 is 0.954. The number of esters is 1. The molecule has 2 aromatic heterocycles. The third-order valence-corrected chi connectivity index (χ3v) is 16.1. The number of fused-ring (bicyclic) bond motifs is 1. The summed E-state index contributed by atoms with van der Waals surface area (Å²) in [6.45, 7) is 29.3. The molecule has 1 aliphatic heterocycles. The number of hydrogen-bond donors (Lipinski definition) is 3. The van der Waals surface area contributed by atoms with E-state index in [1.54, 1.807) is 41.5 Å². The zero-order valence-corrected chi connectivity index (χ0v) is 44.0. The number of aromatic nitrogens is 3. The Kier molecular flexibility index (Phi) is 17.5. The monoisotopic (exact) mass is 984 g/mol. The Balaban J connectivity index is 1.66. The molecule has 3 aromatic rings. The van der Waals surface area contributed by atoms with Crippen molar-refractivity contribution in [3.63, 3.8) is 0 Å². The first kappa shape index (κ1) is 54.9. The van der Waals surface area contributed by atoms with Gasteiger partial charge in [0, 0.05) is 29.8 Å². The largest absolute Gasteiger partial charge is 0.485 e. The van der Waals surface area contributed by atoms with E-state index in [9.17, 15) is 24.3 Å². The molecule has 4 rings (SSSR count). The Bertz CT molecular complexity index is 2370. The first-order valence-corrected chi connectivity index (χ1v) is 26.3. The van der Waals surface area contributed by atoms with Crippen LogP contribution < -0.4 is 20.1 Å². The maximum atomic E-state index is 14.0. The fourth-order valence-corrected chi connectivity index (χ4v) is 8.56. The van der Waals surface area contributed by atoms with Crippen molar-refractivity contribution >= 4 is 54.6 Å². The van der Waals surface area contributed by atoms with Crippen LogP contribution in [0.5, 0.6) is 5.75 Å². The summed E-state index contributed by atoms with van der Waals surface area (Å²) in [5, 5.41) is 24.6. The molecule has 0 spiro atoms. The van der Waals surface area contributed by atoms with Crippen molar-refractivity contribution in [1.29, 1.82) is 0 Å². The van der Waals surface area contributed by atoms with Gasteiger partial charge in [-0.3, -0.25) is 5.32 Å². The quantitative estimate of drug-likeness (QED) is 0.0103. The zero-order valence-electron chi connectivity index (χ0n) is 42.1. The van der Waals surface area contributed by atoms with Crippen molar-refractivity contribution in [1.82, 2.24) is 15.0 Å². The van der Waals surface area contributed by atoms with E-state index in [-0.39, 0.29) is 28.8 Å². The van der Waals surface area contributed by atoms with Gasteiger partial charge in [-0.1, -0.05) is 37.1 Å². The summed E-state index contributed by atoms with van der Waals surface area (Å²) in [4.78, 5) is 64.6. The SMILES string of the molecule is CC(C)(C)OC(=O)NCC(Cn1cc(-c2ccc3c(c2)CCC(C(C)(O/N=C(\C(=O)O)c2csc(NC(=O)OC(C)(C)C)n2)C(=O)OC(C)(C)C)O3)c[n+]1CCCN=[N+]=[N-])O[Si](C)(C)C(C)(C)C. The molecule has 0 aliphatic carbocycles. The second-order valence-electron chi connectivity index (χ2n) is 21.3. The van der Waals surface area contributed by atoms with Gasteiger partial charge in [0.1, 0.15) is 34.8 Å². The highest BCUT2D eigenvalue weighted by molar-refractivity contribution is 7.14. The van der Waals surface area contributed by atoms with Crippen molar-refractivity contribution in [3.8, 4) is 16.9 Å². The van der Waals surface area contributed by atoms with Crippen LogP contribution in [-0.4, -0.2) is 101 Å². The summed E-state index contributed by atoms with van der Waals surface area (Å²) in [5.41, 5.74) is 6.50. The van der Waals surface area contributed by atoms with Crippen LogP contribution in [0.3, 0.4) is 0 Å². The van der Waals surface area contributed by atoms with Crippen LogP contribution >= 0.6 is 11.3 Å². The molecule has 0 radical (unpaired) electrons. The molecule has 374 valence electrons. The van der Waals surface area contributed by atoms with E-state index in [4.69, 9.17) is 33.7 Å². The number of nitrogens with zero attached hydrogens (tertiary/aromatic N) is 7. The Morgan fingerprint density at radius 1 is 0.985 bits per heavy atom. The van der Waals surface area contributed by atoms with Gasteiger partial charge in [0.25, 0.3) is 5.60 Å². The highest BCUT2D eigenvalue weighted by Gasteiger charge is 2.51. The second-order valence-corrected chi connectivity index (χ2v) is 26.9. The Hall–Kier alpha value is -5.70. The van der Waals surface area contributed by atoms with Crippen LogP contribution in [0.1, 0.15) is 114 Å². The number of carboxylic acids is 1. The van der Waals surface area contributed by atoms with E-state index >= 15 is 0 Å². The van der Waals surface area contributed by atoms with E-state index < -0.39 is 72.8 Å². The van der Waals surface area contributed by atoms with Crippen molar-refractivity contribution in [2.45, 2.75) is 175 Å². The number of aliphatic carboxylic acids is 1. The maximum absolute atomic E-state index is 14.0. The number of anilines is 1. The summed E-state index contributed by atoms with van der Waals surface area (Å²) in [5.74, 6) is -1.83. The molecule has 3 N–H and O–H groups in total. The van der Waals surface area contributed by atoms with Crippen LogP contribution in [-0.2, 0) is 52.6 Å². The molecule has 68 heavy (non-hydrogen) atoms. The van der Waals surface area contributed by atoms with Crippen LogP contribution in [0.4, 0.5) is 14.7 Å². The van der Waals surface area contributed by atoms with E-state index in [1.807, 2.05) is 60.7 Å². The van der Waals surface area contributed by atoms with E-state index in [2.05, 4.69) is 64.7 Å². The number of ether oxygens (including phenoxy) is 4. The van der Waals surface area contributed by atoms with E-state index in [1.165, 1.54) is 12.3 Å². The number of rotatable bonds is 18. The standard InChI is InChI=1S/C46H69N9O11SSi/c1-42(2,3)62-38(58)46(13,66-52-36(37(56)57)33-28-67-39(50-33)51-41(60)64-44(7,8)9)35-20-18-30-23-29(17-19-34(30)61-35)31-25-54(22-16-21-49-53-47)55(26-31)27-32(65-68(14,15)45(10,11)12)24-48-40(59)63-43(4,5)6/h17,19,23,25-26,28,32,35H,16,18,20-22,24,27H2,1-15H3,(H2-,48,50,51,56,57,59,60)/p+1/b52-36-. The third-order valence-electron chi connectivity index (χ3n) is 10.8. The molecule has 20 nitrogen and oxygen atoms in total. The highest BCUT2D eigenvalue weighted by atomic mass is 32.1. The minimum Gasteiger partial charge on any atom is -0.485 e. The topological polar surface area (TPSA) is 251 Å². The van der Waals surface area contributed by atoms with Gasteiger partial charge >= 0.3 is 24.1 Å². The first-order chi connectivity index (χ1) is 31.3. The fraction of sp³-hybridized carbons (Fsp3) is 0.630. The fourth-order valence-electron chi connectivity index (χ4n) is 6.54. The first-order valence-electron chi connectivity index (χ1n) is 22.5. The molecule has 3 atom stereocenters. The van der Waals surface area contributed by atoms with Gasteiger partial charge in [-0.15, -0.1) is 16.0 Å². The number of carboxylic acid groups (broad SMARTS) is 1. The number of carbonyl (C=O) groups excluding carboxylic acids is 3. The number of oxime groups is 1. The molecular formula is C46H70N9O11SSi+. The summed E-state index contributed by atoms with van der Waals surface area (Å²) in [6, 6.07) is 5.72.